The molecule has 1 fully saturated rings. The number of ether oxygens (including phenoxy) is 1. The van der Waals surface area contributed by atoms with Gasteiger partial charge in [0.15, 0.2) is 5.96 Å². The number of para-hydroxylation sites is 1. The molecule has 1 aliphatic rings. The molecule has 1 unspecified atom stereocenters. The van der Waals surface area contributed by atoms with Crippen molar-refractivity contribution in [2.75, 3.05) is 37.7 Å². The van der Waals surface area contributed by atoms with Gasteiger partial charge in [-0.2, -0.15) is 0 Å². The van der Waals surface area contributed by atoms with Gasteiger partial charge in [0, 0.05) is 31.9 Å². The second-order valence-electron chi connectivity index (χ2n) is 8.55. The van der Waals surface area contributed by atoms with E-state index >= 15 is 0 Å². The number of aliphatic hydroxyl groups is 1. The Morgan fingerprint density at radius 1 is 1.12 bits per heavy atom. The summed E-state index contributed by atoms with van der Waals surface area (Å²) < 4.78 is 6.06. The van der Waals surface area contributed by atoms with Crippen molar-refractivity contribution in [2.45, 2.75) is 46.3 Å². The molecule has 1 aliphatic heterocycles. The van der Waals surface area contributed by atoms with E-state index in [0.717, 1.165) is 49.7 Å². The number of aliphatic imine (C=N–C) groups is 1. The van der Waals surface area contributed by atoms with E-state index in [9.17, 15) is 5.11 Å². The molecule has 2 aromatic rings. The van der Waals surface area contributed by atoms with Gasteiger partial charge in [-0.1, -0.05) is 30.3 Å². The maximum atomic E-state index is 9.32. The highest BCUT2D eigenvalue weighted by Crippen LogP contribution is 2.23. The minimum Gasteiger partial charge on any atom is -0.489 e. The molecule has 0 spiro atoms. The number of aryl methyl sites for hydroxylation is 1. The van der Waals surface area contributed by atoms with E-state index in [1.165, 1.54) is 11.3 Å². The Hall–Kier alpha value is -2.00. The summed E-state index contributed by atoms with van der Waals surface area (Å²) in [5, 5.41) is 16.0. The first-order valence-corrected chi connectivity index (χ1v) is 11.8. The lowest BCUT2D eigenvalue weighted by atomic mass is 9.97. The molecule has 1 saturated heterocycles. The van der Waals surface area contributed by atoms with Crippen LogP contribution in [0.15, 0.2) is 53.5 Å². The van der Waals surface area contributed by atoms with Gasteiger partial charge in [0.1, 0.15) is 11.9 Å². The number of piperidine rings is 1. The molecule has 182 valence electrons. The van der Waals surface area contributed by atoms with Crippen LogP contribution in [0.2, 0.25) is 0 Å². The molecule has 7 heteroatoms. The number of anilines is 1. The van der Waals surface area contributed by atoms with Crippen LogP contribution in [0.3, 0.4) is 0 Å². The Morgan fingerprint density at radius 3 is 2.45 bits per heavy atom. The Bertz CT molecular complexity index is 852. The third kappa shape index (κ3) is 8.70. The zero-order chi connectivity index (χ0) is 22.8. The standard InChI is InChI=1S/C26H38N4O2.HI/c1-4-27-26(28-17-21(3)32-25-8-6-5-7-20(25)2)29-18-22-9-11-24(12-10-22)30-15-13-23(19-31)14-16-30;/h5-12,21,23,31H,4,13-19H2,1-3H3,(H2,27,28,29);1H. The van der Waals surface area contributed by atoms with Crippen molar-refractivity contribution in [2.24, 2.45) is 10.9 Å². The molecule has 0 amide bonds. The first kappa shape index (κ1) is 27.2. The molecule has 0 bridgehead atoms. The highest BCUT2D eigenvalue weighted by Gasteiger charge is 2.18. The fourth-order valence-corrected chi connectivity index (χ4v) is 3.89. The minimum atomic E-state index is 0. The van der Waals surface area contributed by atoms with E-state index in [1.54, 1.807) is 0 Å². The van der Waals surface area contributed by atoms with Gasteiger partial charge in [0.2, 0.25) is 0 Å². The number of aliphatic hydroxyl groups excluding tert-OH is 1. The SMILES string of the molecule is CCNC(=NCc1ccc(N2CCC(CO)CC2)cc1)NCC(C)Oc1ccccc1C.I. The predicted molar refractivity (Wildman–Crippen MR) is 148 cm³/mol. The summed E-state index contributed by atoms with van der Waals surface area (Å²) in [5.41, 5.74) is 3.57. The zero-order valence-electron chi connectivity index (χ0n) is 20.1. The number of nitrogens with zero attached hydrogens (tertiary/aromatic N) is 2. The van der Waals surface area contributed by atoms with Gasteiger partial charge in [-0.25, -0.2) is 4.99 Å². The number of rotatable bonds is 9. The summed E-state index contributed by atoms with van der Waals surface area (Å²) in [5.74, 6) is 2.17. The van der Waals surface area contributed by atoms with Crippen LogP contribution in [-0.2, 0) is 6.54 Å². The smallest absolute Gasteiger partial charge is 0.191 e. The van der Waals surface area contributed by atoms with Gasteiger partial charge in [0.05, 0.1) is 13.1 Å². The number of nitrogens with one attached hydrogen (secondary N) is 2. The topological polar surface area (TPSA) is 69.1 Å². The molecule has 6 nitrogen and oxygen atoms in total. The van der Waals surface area contributed by atoms with E-state index in [0.29, 0.717) is 25.6 Å². The van der Waals surface area contributed by atoms with Crippen LogP contribution in [0, 0.1) is 12.8 Å². The Morgan fingerprint density at radius 2 is 1.82 bits per heavy atom. The Labute approximate surface area is 215 Å². The second kappa shape index (κ2) is 14.3. The predicted octanol–water partition coefficient (Wildman–Crippen LogP) is 4.34. The number of benzene rings is 2. The number of hydrogen-bond donors (Lipinski definition) is 3. The number of halogens is 1. The Kier molecular flexibility index (Phi) is 11.8. The molecular weight excluding hydrogens is 527 g/mol. The minimum absolute atomic E-state index is 0. The molecule has 1 heterocycles. The molecule has 0 aromatic heterocycles. The molecule has 0 saturated carbocycles. The summed E-state index contributed by atoms with van der Waals surface area (Å²) in [6.07, 6.45) is 2.15. The molecule has 1 atom stereocenters. The summed E-state index contributed by atoms with van der Waals surface area (Å²) in [6.45, 7) is 10.6. The van der Waals surface area contributed by atoms with E-state index in [2.05, 4.69) is 66.6 Å². The van der Waals surface area contributed by atoms with E-state index < -0.39 is 0 Å². The van der Waals surface area contributed by atoms with Crippen LogP contribution in [-0.4, -0.2) is 50.0 Å². The maximum absolute atomic E-state index is 9.32. The summed E-state index contributed by atoms with van der Waals surface area (Å²) in [4.78, 5) is 7.14. The molecule has 0 aliphatic carbocycles. The van der Waals surface area contributed by atoms with Crippen LogP contribution >= 0.6 is 24.0 Å². The summed E-state index contributed by atoms with van der Waals surface area (Å²) >= 11 is 0. The molecule has 0 radical (unpaired) electrons. The zero-order valence-corrected chi connectivity index (χ0v) is 22.4. The van der Waals surface area contributed by atoms with Crippen molar-refractivity contribution in [1.29, 1.82) is 0 Å². The van der Waals surface area contributed by atoms with Gasteiger partial charge >= 0.3 is 0 Å². The van der Waals surface area contributed by atoms with Crippen molar-refractivity contribution in [3.8, 4) is 5.75 Å². The van der Waals surface area contributed by atoms with Crippen molar-refractivity contribution in [3.63, 3.8) is 0 Å². The lowest BCUT2D eigenvalue weighted by Gasteiger charge is -2.32. The highest BCUT2D eigenvalue weighted by atomic mass is 127. The number of hydrogen-bond acceptors (Lipinski definition) is 4. The van der Waals surface area contributed by atoms with Crippen LogP contribution in [0.4, 0.5) is 5.69 Å². The molecule has 33 heavy (non-hydrogen) atoms. The van der Waals surface area contributed by atoms with Gasteiger partial charge in [-0.3, -0.25) is 0 Å². The van der Waals surface area contributed by atoms with Gasteiger partial charge in [0.25, 0.3) is 0 Å². The quantitative estimate of drug-likeness (QED) is 0.240. The average molecular weight is 567 g/mol. The second-order valence-corrected chi connectivity index (χ2v) is 8.55. The first-order chi connectivity index (χ1) is 15.6. The lowest BCUT2D eigenvalue weighted by molar-refractivity contribution is 0.203. The fourth-order valence-electron chi connectivity index (χ4n) is 3.89. The van der Waals surface area contributed by atoms with E-state index in [1.807, 2.05) is 18.2 Å². The third-order valence-electron chi connectivity index (χ3n) is 5.92. The monoisotopic (exact) mass is 566 g/mol. The number of guanidine groups is 1. The van der Waals surface area contributed by atoms with Crippen LogP contribution in [0.25, 0.3) is 0 Å². The van der Waals surface area contributed by atoms with Gasteiger partial charge in [-0.15, -0.1) is 24.0 Å². The van der Waals surface area contributed by atoms with E-state index in [-0.39, 0.29) is 30.1 Å². The lowest BCUT2D eigenvalue weighted by Crippen LogP contribution is -2.41. The summed E-state index contributed by atoms with van der Waals surface area (Å²) in [6, 6.07) is 16.8. The maximum Gasteiger partial charge on any atom is 0.191 e. The van der Waals surface area contributed by atoms with Crippen molar-refractivity contribution >= 4 is 35.6 Å². The third-order valence-corrected chi connectivity index (χ3v) is 5.92. The molecule has 2 aromatic carbocycles. The molecular formula is C26H39IN4O2. The van der Waals surface area contributed by atoms with Gasteiger partial charge in [-0.05, 0) is 68.9 Å². The van der Waals surface area contributed by atoms with Crippen molar-refractivity contribution in [3.05, 3.63) is 59.7 Å². The largest absolute Gasteiger partial charge is 0.489 e. The van der Waals surface area contributed by atoms with Crippen LogP contribution in [0.1, 0.15) is 37.8 Å². The van der Waals surface area contributed by atoms with Crippen molar-refractivity contribution < 1.29 is 9.84 Å². The Balaban J connectivity index is 0.00000385. The van der Waals surface area contributed by atoms with Gasteiger partial charge < -0.3 is 25.4 Å². The van der Waals surface area contributed by atoms with Crippen LogP contribution in [0.5, 0.6) is 5.75 Å². The normalized spacial score (nSPS) is 15.5. The highest BCUT2D eigenvalue weighted by molar-refractivity contribution is 14.0. The fraction of sp³-hybridized carbons (Fsp3) is 0.500. The first-order valence-electron chi connectivity index (χ1n) is 11.8. The van der Waals surface area contributed by atoms with Crippen LogP contribution < -0.4 is 20.3 Å². The molecule has 3 N–H and O–H groups in total. The van der Waals surface area contributed by atoms with Crippen molar-refractivity contribution in [1.82, 2.24) is 10.6 Å². The summed E-state index contributed by atoms with van der Waals surface area (Å²) in [7, 11) is 0. The molecule has 3 rings (SSSR count). The van der Waals surface area contributed by atoms with E-state index in [4.69, 9.17) is 9.73 Å². The average Bonchev–Trinajstić information content (AvgIpc) is 2.83.